The monoisotopic (exact) mass is 349 g/mol. The molecule has 1 heterocycles. The van der Waals surface area contributed by atoms with Crippen molar-refractivity contribution in [3.05, 3.63) is 82.8 Å². The molecule has 26 heavy (non-hydrogen) atoms. The zero-order valence-electron chi connectivity index (χ0n) is 15.3. The molecular weight excluding hydrogens is 326 g/mol. The molecule has 0 saturated carbocycles. The number of hydrogen-bond donors (Lipinski definition) is 1. The molecule has 0 aliphatic heterocycles. The molecule has 4 heteroatoms. The molecule has 0 bridgehead atoms. The van der Waals surface area contributed by atoms with Crippen molar-refractivity contribution in [2.75, 3.05) is 5.32 Å². The maximum Gasteiger partial charge on any atom is 0.291 e. The van der Waals surface area contributed by atoms with Gasteiger partial charge in [-0.2, -0.15) is 0 Å². The zero-order valence-corrected chi connectivity index (χ0v) is 15.3. The van der Waals surface area contributed by atoms with Crippen molar-refractivity contribution in [2.24, 2.45) is 0 Å². The van der Waals surface area contributed by atoms with Crippen LogP contribution in [0.1, 0.15) is 39.9 Å². The molecule has 134 valence electrons. The fraction of sp³-hybridized carbons (Fsp3) is 0.227. The number of para-hydroxylation sites is 1. The highest BCUT2D eigenvalue weighted by molar-refractivity contribution is 6.03. The first kappa shape index (κ1) is 17.8. The Bertz CT molecular complexity index is 874. The van der Waals surface area contributed by atoms with Gasteiger partial charge in [-0.1, -0.05) is 37.3 Å². The van der Waals surface area contributed by atoms with Gasteiger partial charge in [0, 0.05) is 5.69 Å². The van der Waals surface area contributed by atoms with Crippen LogP contribution in [0, 0.1) is 13.8 Å². The van der Waals surface area contributed by atoms with Crippen LogP contribution in [-0.4, -0.2) is 5.91 Å². The number of carbonyl (C=O) groups excluding carboxylic acids is 1. The number of hydrogen-bond acceptors (Lipinski definition) is 3. The van der Waals surface area contributed by atoms with E-state index in [9.17, 15) is 4.79 Å². The minimum absolute atomic E-state index is 0.263. The summed E-state index contributed by atoms with van der Waals surface area (Å²) in [5, 5.41) is 2.92. The molecule has 2 aromatic carbocycles. The molecule has 0 atom stereocenters. The standard InChI is InChI=1S/C22H23NO3/c1-4-17-8-10-18(11-9-17)25-14-19-12-13-20(26-19)22(24)23-21-15(2)6-5-7-16(21)3/h5-13H,4,14H2,1-3H3,(H,23,24). The molecule has 4 nitrogen and oxygen atoms in total. The molecule has 0 saturated heterocycles. The fourth-order valence-electron chi connectivity index (χ4n) is 2.74. The van der Waals surface area contributed by atoms with E-state index in [0.717, 1.165) is 29.0 Å². The molecule has 0 aliphatic rings. The van der Waals surface area contributed by atoms with E-state index >= 15 is 0 Å². The quantitative estimate of drug-likeness (QED) is 0.658. The zero-order chi connectivity index (χ0) is 18.5. The molecule has 1 amide bonds. The third-order valence-electron chi connectivity index (χ3n) is 4.32. The van der Waals surface area contributed by atoms with Gasteiger partial charge in [-0.15, -0.1) is 0 Å². The van der Waals surface area contributed by atoms with Gasteiger partial charge in [-0.25, -0.2) is 0 Å². The molecule has 3 rings (SSSR count). The topological polar surface area (TPSA) is 51.5 Å². The first-order valence-corrected chi connectivity index (χ1v) is 8.75. The van der Waals surface area contributed by atoms with Crippen molar-refractivity contribution in [2.45, 2.75) is 33.8 Å². The second-order valence-electron chi connectivity index (χ2n) is 6.27. The first-order chi connectivity index (χ1) is 12.6. The Morgan fingerprint density at radius 3 is 2.35 bits per heavy atom. The Hall–Kier alpha value is -3.01. The van der Waals surface area contributed by atoms with E-state index in [2.05, 4.69) is 12.2 Å². The highest BCUT2D eigenvalue weighted by Crippen LogP contribution is 2.21. The summed E-state index contributed by atoms with van der Waals surface area (Å²) in [6.45, 7) is 6.33. The van der Waals surface area contributed by atoms with Gasteiger partial charge in [-0.05, 0) is 61.2 Å². The van der Waals surface area contributed by atoms with Gasteiger partial charge in [0.15, 0.2) is 5.76 Å². The number of benzene rings is 2. The summed E-state index contributed by atoms with van der Waals surface area (Å²) in [7, 11) is 0. The Morgan fingerprint density at radius 1 is 1.00 bits per heavy atom. The molecule has 0 unspecified atom stereocenters. The van der Waals surface area contributed by atoms with Crippen molar-refractivity contribution in [3.8, 4) is 5.75 Å². The molecule has 3 aromatic rings. The smallest absolute Gasteiger partial charge is 0.291 e. The van der Waals surface area contributed by atoms with E-state index in [1.165, 1.54) is 5.56 Å². The number of furan rings is 1. The third-order valence-corrected chi connectivity index (χ3v) is 4.32. The molecule has 1 N–H and O–H groups in total. The molecule has 1 aromatic heterocycles. The Morgan fingerprint density at radius 2 is 1.69 bits per heavy atom. The molecular formula is C22H23NO3. The summed E-state index contributed by atoms with van der Waals surface area (Å²) in [5.74, 6) is 1.39. The second kappa shape index (κ2) is 7.91. The van der Waals surface area contributed by atoms with Crippen molar-refractivity contribution >= 4 is 11.6 Å². The van der Waals surface area contributed by atoms with Crippen LogP contribution in [0.15, 0.2) is 59.0 Å². The number of anilines is 1. The first-order valence-electron chi connectivity index (χ1n) is 8.75. The Balaban J connectivity index is 1.62. The number of rotatable bonds is 6. The predicted molar refractivity (Wildman–Crippen MR) is 103 cm³/mol. The van der Waals surface area contributed by atoms with Crippen LogP contribution in [0.5, 0.6) is 5.75 Å². The van der Waals surface area contributed by atoms with Crippen LogP contribution in [-0.2, 0) is 13.0 Å². The lowest BCUT2D eigenvalue weighted by atomic mass is 10.1. The van der Waals surface area contributed by atoms with Gasteiger partial charge >= 0.3 is 0 Å². The van der Waals surface area contributed by atoms with Gasteiger partial charge in [0.05, 0.1) is 0 Å². The van der Waals surface area contributed by atoms with Crippen molar-refractivity contribution < 1.29 is 13.9 Å². The van der Waals surface area contributed by atoms with Gasteiger partial charge in [-0.3, -0.25) is 4.79 Å². The summed E-state index contributed by atoms with van der Waals surface area (Å²) in [6.07, 6.45) is 0.997. The summed E-state index contributed by atoms with van der Waals surface area (Å²) in [4.78, 5) is 12.4. The molecule has 0 fully saturated rings. The molecule has 0 spiro atoms. The maximum absolute atomic E-state index is 12.4. The highest BCUT2D eigenvalue weighted by atomic mass is 16.5. The van der Waals surface area contributed by atoms with Crippen LogP contribution in [0.3, 0.4) is 0 Å². The lowest BCUT2D eigenvalue weighted by molar-refractivity contribution is 0.0992. The lowest BCUT2D eigenvalue weighted by Crippen LogP contribution is -2.13. The number of ether oxygens (including phenoxy) is 1. The van der Waals surface area contributed by atoms with Gasteiger partial charge in [0.1, 0.15) is 18.1 Å². The average Bonchev–Trinajstić information content (AvgIpc) is 3.12. The van der Waals surface area contributed by atoms with E-state index in [-0.39, 0.29) is 18.3 Å². The number of aryl methyl sites for hydroxylation is 3. The van der Waals surface area contributed by atoms with Crippen LogP contribution in [0.25, 0.3) is 0 Å². The van der Waals surface area contributed by atoms with E-state index in [1.54, 1.807) is 12.1 Å². The summed E-state index contributed by atoms with van der Waals surface area (Å²) < 4.78 is 11.3. The van der Waals surface area contributed by atoms with Crippen LogP contribution < -0.4 is 10.1 Å². The molecule has 0 radical (unpaired) electrons. The van der Waals surface area contributed by atoms with Gasteiger partial charge < -0.3 is 14.5 Å². The van der Waals surface area contributed by atoms with E-state index in [4.69, 9.17) is 9.15 Å². The highest BCUT2D eigenvalue weighted by Gasteiger charge is 2.14. The number of nitrogens with one attached hydrogen (secondary N) is 1. The summed E-state index contributed by atoms with van der Waals surface area (Å²) in [6, 6.07) is 17.3. The van der Waals surface area contributed by atoms with Crippen molar-refractivity contribution in [3.63, 3.8) is 0 Å². The minimum Gasteiger partial charge on any atom is -0.486 e. The van der Waals surface area contributed by atoms with E-state index in [0.29, 0.717) is 5.76 Å². The number of amides is 1. The number of carbonyl (C=O) groups is 1. The average molecular weight is 349 g/mol. The van der Waals surface area contributed by atoms with Crippen LogP contribution in [0.2, 0.25) is 0 Å². The van der Waals surface area contributed by atoms with Crippen LogP contribution >= 0.6 is 0 Å². The van der Waals surface area contributed by atoms with Crippen molar-refractivity contribution in [1.82, 2.24) is 0 Å². The largest absolute Gasteiger partial charge is 0.486 e. The second-order valence-corrected chi connectivity index (χ2v) is 6.27. The normalized spacial score (nSPS) is 10.6. The van der Waals surface area contributed by atoms with Crippen molar-refractivity contribution in [1.29, 1.82) is 0 Å². The van der Waals surface area contributed by atoms with E-state index in [1.807, 2.05) is 56.3 Å². The fourth-order valence-corrected chi connectivity index (χ4v) is 2.74. The summed E-state index contributed by atoms with van der Waals surface area (Å²) >= 11 is 0. The Kier molecular flexibility index (Phi) is 5.42. The Labute approximate surface area is 153 Å². The van der Waals surface area contributed by atoms with Gasteiger partial charge in [0.25, 0.3) is 5.91 Å². The minimum atomic E-state index is -0.263. The summed E-state index contributed by atoms with van der Waals surface area (Å²) in [5.41, 5.74) is 4.12. The SMILES string of the molecule is CCc1ccc(OCc2ccc(C(=O)Nc3c(C)cccc3C)o2)cc1. The van der Waals surface area contributed by atoms with E-state index < -0.39 is 0 Å². The molecule has 0 aliphatic carbocycles. The predicted octanol–water partition coefficient (Wildman–Crippen LogP) is 5.29. The third kappa shape index (κ3) is 4.14. The van der Waals surface area contributed by atoms with Crippen LogP contribution in [0.4, 0.5) is 5.69 Å². The van der Waals surface area contributed by atoms with Gasteiger partial charge in [0.2, 0.25) is 0 Å². The lowest BCUT2D eigenvalue weighted by Gasteiger charge is -2.10. The maximum atomic E-state index is 12.4.